The van der Waals surface area contributed by atoms with Crippen LogP contribution in [0.15, 0.2) is 40.9 Å². The van der Waals surface area contributed by atoms with E-state index in [2.05, 4.69) is 28.2 Å². The second-order valence-electron chi connectivity index (χ2n) is 4.40. The molecule has 2 aromatic carbocycles. The molecule has 0 aliphatic carbocycles. The molecule has 106 valence electrons. The van der Waals surface area contributed by atoms with E-state index in [0.29, 0.717) is 5.69 Å². The van der Waals surface area contributed by atoms with Crippen LogP contribution in [0.1, 0.15) is 24.9 Å². The van der Waals surface area contributed by atoms with Gasteiger partial charge in [0.2, 0.25) is 0 Å². The van der Waals surface area contributed by atoms with E-state index in [1.807, 2.05) is 24.3 Å². The van der Waals surface area contributed by atoms with Crippen molar-refractivity contribution in [1.82, 2.24) is 0 Å². The fourth-order valence-electron chi connectivity index (χ4n) is 2.00. The summed E-state index contributed by atoms with van der Waals surface area (Å²) in [7, 11) is 0. The maximum absolute atomic E-state index is 13.2. The Morgan fingerprint density at radius 2 is 1.85 bits per heavy atom. The van der Waals surface area contributed by atoms with Crippen LogP contribution in [0.3, 0.4) is 0 Å². The highest BCUT2D eigenvalue weighted by atomic mass is 79.9. The van der Waals surface area contributed by atoms with Crippen molar-refractivity contribution in [2.45, 2.75) is 19.4 Å². The Morgan fingerprint density at radius 3 is 2.40 bits per heavy atom. The number of benzene rings is 2. The molecule has 0 radical (unpaired) electrons. The van der Waals surface area contributed by atoms with E-state index in [4.69, 9.17) is 23.2 Å². The van der Waals surface area contributed by atoms with E-state index >= 15 is 0 Å². The van der Waals surface area contributed by atoms with Gasteiger partial charge in [-0.3, -0.25) is 0 Å². The monoisotopic (exact) mass is 375 g/mol. The first-order valence-electron chi connectivity index (χ1n) is 6.17. The Bertz CT molecular complexity index is 596. The lowest BCUT2D eigenvalue weighted by Gasteiger charge is -2.21. The Hall–Kier alpha value is -0.770. The highest BCUT2D eigenvalue weighted by Gasteiger charge is 2.14. The normalized spacial score (nSPS) is 12.2. The van der Waals surface area contributed by atoms with Crippen LogP contribution in [0, 0.1) is 5.82 Å². The molecular weight excluding hydrogens is 364 g/mol. The van der Waals surface area contributed by atoms with Gasteiger partial charge in [-0.25, -0.2) is 4.39 Å². The second kappa shape index (κ2) is 6.79. The molecule has 0 heterocycles. The van der Waals surface area contributed by atoms with Crippen molar-refractivity contribution in [1.29, 1.82) is 0 Å². The van der Waals surface area contributed by atoms with Gasteiger partial charge in [0, 0.05) is 4.47 Å². The van der Waals surface area contributed by atoms with E-state index < -0.39 is 5.82 Å². The van der Waals surface area contributed by atoms with Gasteiger partial charge < -0.3 is 5.32 Å². The third-order valence-electron chi connectivity index (χ3n) is 2.98. The van der Waals surface area contributed by atoms with E-state index in [1.165, 1.54) is 12.1 Å². The van der Waals surface area contributed by atoms with Crippen molar-refractivity contribution in [3.8, 4) is 0 Å². The summed E-state index contributed by atoms with van der Waals surface area (Å²) in [5.74, 6) is -0.443. The molecule has 0 aromatic heterocycles. The predicted molar refractivity (Wildman–Crippen MR) is 87.2 cm³/mol. The summed E-state index contributed by atoms with van der Waals surface area (Å²) in [6.45, 7) is 2.06. The smallest absolute Gasteiger partial charge is 0.126 e. The zero-order valence-electron chi connectivity index (χ0n) is 10.8. The fourth-order valence-corrected chi connectivity index (χ4v) is 2.99. The number of hydrogen-bond acceptors (Lipinski definition) is 1. The van der Waals surface area contributed by atoms with Crippen LogP contribution in [-0.2, 0) is 0 Å². The first-order chi connectivity index (χ1) is 9.51. The number of anilines is 1. The van der Waals surface area contributed by atoms with Gasteiger partial charge in [-0.05, 0) is 36.2 Å². The first kappa shape index (κ1) is 15.6. The van der Waals surface area contributed by atoms with E-state index in [1.54, 1.807) is 0 Å². The maximum Gasteiger partial charge on any atom is 0.126 e. The Labute approximate surface area is 136 Å². The highest BCUT2D eigenvalue weighted by molar-refractivity contribution is 9.10. The van der Waals surface area contributed by atoms with Crippen LogP contribution in [-0.4, -0.2) is 0 Å². The SMILES string of the molecule is CCC(Nc1c(Cl)cc(F)cc1Cl)c1cccc(Br)c1. The summed E-state index contributed by atoms with van der Waals surface area (Å²) in [5, 5.41) is 3.85. The molecule has 0 aliphatic rings. The largest absolute Gasteiger partial charge is 0.376 e. The molecule has 1 unspecified atom stereocenters. The highest BCUT2D eigenvalue weighted by Crippen LogP contribution is 2.35. The molecule has 0 bridgehead atoms. The van der Waals surface area contributed by atoms with Crippen LogP contribution in [0.4, 0.5) is 10.1 Å². The van der Waals surface area contributed by atoms with Gasteiger partial charge in [-0.2, -0.15) is 0 Å². The number of rotatable bonds is 4. The third-order valence-corrected chi connectivity index (χ3v) is 4.07. The predicted octanol–water partition coefficient (Wildman–Crippen LogP) is 6.46. The topological polar surface area (TPSA) is 12.0 Å². The zero-order valence-corrected chi connectivity index (χ0v) is 13.9. The van der Waals surface area contributed by atoms with Gasteiger partial charge in [0.05, 0.1) is 21.8 Å². The van der Waals surface area contributed by atoms with E-state index in [0.717, 1.165) is 16.5 Å². The van der Waals surface area contributed by atoms with Gasteiger partial charge in [0.1, 0.15) is 5.82 Å². The minimum atomic E-state index is -0.443. The zero-order chi connectivity index (χ0) is 14.7. The molecule has 0 spiro atoms. The molecule has 0 saturated heterocycles. The number of halogens is 4. The first-order valence-corrected chi connectivity index (χ1v) is 7.72. The second-order valence-corrected chi connectivity index (χ2v) is 6.13. The van der Waals surface area contributed by atoms with Crippen molar-refractivity contribution in [2.75, 3.05) is 5.32 Å². The minimum Gasteiger partial charge on any atom is -0.376 e. The molecule has 1 atom stereocenters. The molecule has 0 amide bonds. The van der Waals surface area contributed by atoms with Gasteiger partial charge >= 0.3 is 0 Å². The lowest BCUT2D eigenvalue weighted by Crippen LogP contribution is -2.10. The van der Waals surface area contributed by atoms with Crippen molar-refractivity contribution in [2.24, 2.45) is 0 Å². The van der Waals surface area contributed by atoms with Crippen LogP contribution >= 0.6 is 39.1 Å². The average Bonchev–Trinajstić information content (AvgIpc) is 2.38. The number of hydrogen-bond donors (Lipinski definition) is 1. The maximum atomic E-state index is 13.2. The van der Waals surface area contributed by atoms with Gasteiger partial charge in [-0.1, -0.05) is 58.2 Å². The van der Waals surface area contributed by atoms with Crippen molar-refractivity contribution in [3.05, 3.63) is 62.3 Å². The summed E-state index contributed by atoms with van der Waals surface area (Å²) >= 11 is 15.6. The van der Waals surface area contributed by atoms with E-state index in [-0.39, 0.29) is 16.1 Å². The average molecular weight is 377 g/mol. The van der Waals surface area contributed by atoms with Crippen molar-refractivity contribution >= 4 is 44.8 Å². The molecule has 0 fully saturated rings. The van der Waals surface area contributed by atoms with Crippen LogP contribution in [0.5, 0.6) is 0 Å². The standard InChI is InChI=1S/C15H13BrCl2FN/c1-2-14(9-4-3-5-10(16)6-9)20-15-12(17)7-11(19)8-13(15)18/h3-8,14,20H,2H2,1H3. The summed E-state index contributed by atoms with van der Waals surface area (Å²) in [4.78, 5) is 0. The van der Waals surface area contributed by atoms with Crippen LogP contribution in [0.2, 0.25) is 10.0 Å². The van der Waals surface area contributed by atoms with E-state index in [9.17, 15) is 4.39 Å². The molecule has 20 heavy (non-hydrogen) atoms. The van der Waals surface area contributed by atoms with Crippen molar-refractivity contribution < 1.29 is 4.39 Å². The summed E-state index contributed by atoms with van der Waals surface area (Å²) in [6, 6.07) is 10.6. The number of nitrogens with one attached hydrogen (secondary N) is 1. The fraction of sp³-hybridized carbons (Fsp3) is 0.200. The molecule has 2 aromatic rings. The van der Waals surface area contributed by atoms with Crippen molar-refractivity contribution in [3.63, 3.8) is 0 Å². The summed E-state index contributed by atoms with van der Waals surface area (Å²) < 4.78 is 14.2. The molecule has 0 saturated carbocycles. The van der Waals surface area contributed by atoms with Gasteiger partial charge in [0.25, 0.3) is 0 Å². The van der Waals surface area contributed by atoms with Crippen LogP contribution < -0.4 is 5.32 Å². The summed E-state index contributed by atoms with van der Waals surface area (Å²) in [5.41, 5.74) is 1.67. The molecule has 1 N–H and O–H groups in total. The van der Waals surface area contributed by atoms with Gasteiger partial charge in [-0.15, -0.1) is 0 Å². The molecule has 5 heteroatoms. The lowest BCUT2D eigenvalue weighted by molar-refractivity contribution is 0.628. The third kappa shape index (κ3) is 3.66. The molecule has 2 rings (SSSR count). The Balaban J connectivity index is 2.32. The minimum absolute atomic E-state index is 0.0490. The van der Waals surface area contributed by atoms with Gasteiger partial charge in [0.15, 0.2) is 0 Å². The quantitative estimate of drug-likeness (QED) is 0.645. The molecule has 0 aliphatic heterocycles. The molecule has 1 nitrogen and oxygen atoms in total. The molecular formula is C15H13BrCl2FN. The van der Waals surface area contributed by atoms with Crippen LogP contribution in [0.25, 0.3) is 0 Å². The Kier molecular flexibility index (Phi) is 5.30. The lowest BCUT2D eigenvalue weighted by atomic mass is 10.0. The Morgan fingerprint density at radius 1 is 1.20 bits per heavy atom. The summed E-state index contributed by atoms with van der Waals surface area (Å²) in [6.07, 6.45) is 0.848.